The molecule has 15 heavy (non-hydrogen) atoms. The Hall–Kier alpha value is -0.990. The minimum Gasteiger partial charge on any atom is -0.366 e. The summed E-state index contributed by atoms with van der Waals surface area (Å²) in [6.45, 7) is 1.73. The van der Waals surface area contributed by atoms with E-state index in [0.29, 0.717) is 0 Å². The lowest BCUT2D eigenvalue weighted by Crippen LogP contribution is -2.43. The maximum absolute atomic E-state index is 6.01. The highest BCUT2D eigenvalue weighted by molar-refractivity contribution is 6.25. The molecule has 3 heteroatoms. The standard InChI is InChI=1S/C12H15ClN2/c13-6-3-7-15-9-11(14)8-10-4-1-2-5-12(10)15/h1-6,11H,7-9,14H2. The van der Waals surface area contributed by atoms with Gasteiger partial charge in [0.2, 0.25) is 0 Å². The van der Waals surface area contributed by atoms with Crippen LogP contribution in [0.25, 0.3) is 0 Å². The maximum Gasteiger partial charge on any atom is 0.0402 e. The molecule has 1 aromatic rings. The SMILES string of the molecule is NC1Cc2ccccc2N(CC=CCl)C1. The van der Waals surface area contributed by atoms with Gasteiger partial charge in [0.25, 0.3) is 0 Å². The Bertz CT molecular complexity index is 362. The first kappa shape index (κ1) is 10.5. The number of para-hydroxylation sites is 1. The molecule has 1 aliphatic heterocycles. The molecule has 0 aromatic heterocycles. The van der Waals surface area contributed by atoms with E-state index >= 15 is 0 Å². The van der Waals surface area contributed by atoms with Gasteiger partial charge >= 0.3 is 0 Å². The first-order valence-corrected chi connectivity index (χ1v) is 5.58. The minimum absolute atomic E-state index is 0.226. The van der Waals surface area contributed by atoms with Crippen molar-refractivity contribution in [3.8, 4) is 0 Å². The van der Waals surface area contributed by atoms with Crippen LogP contribution in [-0.4, -0.2) is 19.1 Å². The molecule has 1 heterocycles. The van der Waals surface area contributed by atoms with Crippen molar-refractivity contribution in [1.82, 2.24) is 0 Å². The van der Waals surface area contributed by atoms with Crippen LogP contribution in [0.5, 0.6) is 0 Å². The molecule has 1 unspecified atom stereocenters. The molecule has 2 N–H and O–H groups in total. The summed E-state index contributed by atoms with van der Waals surface area (Å²) in [5.74, 6) is 0. The zero-order valence-electron chi connectivity index (χ0n) is 8.57. The van der Waals surface area contributed by atoms with Crippen LogP contribution in [0.1, 0.15) is 5.56 Å². The molecule has 0 aliphatic carbocycles. The molecular formula is C12H15ClN2. The Labute approximate surface area is 95.3 Å². The van der Waals surface area contributed by atoms with Crippen LogP contribution in [0.4, 0.5) is 5.69 Å². The molecule has 1 aromatic carbocycles. The summed E-state index contributed by atoms with van der Waals surface area (Å²) in [7, 11) is 0. The second kappa shape index (κ2) is 4.69. The molecule has 2 rings (SSSR count). The molecule has 0 fully saturated rings. The summed E-state index contributed by atoms with van der Waals surface area (Å²) >= 11 is 5.55. The van der Waals surface area contributed by atoms with Crippen molar-refractivity contribution in [2.45, 2.75) is 12.5 Å². The van der Waals surface area contributed by atoms with E-state index in [1.54, 1.807) is 5.54 Å². The third-order valence-electron chi connectivity index (χ3n) is 2.68. The van der Waals surface area contributed by atoms with Gasteiger partial charge in [-0.25, -0.2) is 0 Å². The fraction of sp³-hybridized carbons (Fsp3) is 0.333. The lowest BCUT2D eigenvalue weighted by molar-refractivity contribution is 0.616. The highest BCUT2D eigenvalue weighted by Crippen LogP contribution is 2.25. The van der Waals surface area contributed by atoms with Crippen molar-refractivity contribution >= 4 is 17.3 Å². The van der Waals surface area contributed by atoms with Gasteiger partial charge in [-0.3, -0.25) is 0 Å². The van der Waals surface area contributed by atoms with Crippen LogP contribution in [0.2, 0.25) is 0 Å². The van der Waals surface area contributed by atoms with E-state index in [0.717, 1.165) is 19.5 Å². The van der Waals surface area contributed by atoms with Crippen molar-refractivity contribution in [3.05, 3.63) is 41.4 Å². The smallest absolute Gasteiger partial charge is 0.0402 e. The van der Waals surface area contributed by atoms with Gasteiger partial charge in [-0.1, -0.05) is 35.9 Å². The van der Waals surface area contributed by atoms with Crippen molar-refractivity contribution in [1.29, 1.82) is 0 Å². The zero-order valence-corrected chi connectivity index (χ0v) is 9.32. The lowest BCUT2D eigenvalue weighted by atomic mass is 9.98. The summed E-state index contributed by atoms with van der Waals surface area (Å²) in [6, 6.07) is 8.64. The third kappa shape index (κ3) is 2.33. The zero-order chi connectivity index (χ0) is 10.7. The molecule has 0 radical (unpaired) electrons. The van der Waals surface area contributed by atoms with Crippen LogP contribution in [0.3, 0.4) is 0 Å². The van der Waals surface area contributed by atoms with Gasteiger partial charge in [0.1, 0.15) is 0 Å². The number of nitrogens with two attached hydrogens (primary N) is 1. The Kier molecular flexibility index (Phi) is 3.29. The molecule has 80 valence electrons. The van der Waals surface area contributed by atoms with Crippen LogP contribution in [0.15, 0.2) is 35.9 Å². The topological polar surface area (TPSA) is 29.3 Å². The van der Waals surface area contributed by atoms with Gasteiger partial charge in [0, 0.05) is 30.4 Å². The van der Waals surface area contributed by atoms with E-state index in [9.17, 15) is 0 Å². The van der Waals surface area contributed by atoms with Crippen molar-refractivity contribution in [3.63, 3.8) is 0 Å². The fourth-order valence-electron chi connectivity index (χ4n) is 2.06. The largest absolute Gasteiger partial charge is 0.366 e. The second-order valence-corrected chi connectivity index (χ2v) is 4.11. The van der Waals surface area contributed by atoms with Gasteiger partial charge in [0.15, 0.2) is 0 Å². The number of hydrogen-bond acceptors (Lipinski definition) is 2. The van der Waals surface area contributed by atoms with Crippen molar-refractivity contribution in [2.75, 3.05) is 18.0 Å². The summed E-state index contributed by atoms with van der Waals surface area (Å²) in [4.78, 5) is 2.27. The highest BCUT2D eigenvalue weighted by atomic mass is 35.5. The summed E-state index contributed by atoms with van der Waals surface area (Å²) in [6.07, 6.45) is 2.91. The predicted molar refractivity (Wildman–Crippen MR) is 65.3 cm³/mol. The van der Waals surface area contributed by atoms with Crippen LogP contribution in [0, 0.1) is 0 Å². The van der Waals surface area contributed by atoms with E-state index in [4.69, 9.17) is 17.3 Å². The minimum atomic E-state index is 0.226. The number of anilines is 1. The van der Waals surface area contributed by atoms with E-state index in [-0.39, 0.29) is 6.04 Å². The van der Waals surface area contributed by atoms with E-state index < -0.39 is 0 Å². The lowest BCUT2D eigenvalue weighted by Gasteiger charge is -2.33. The normalized spacial score (nSPS) is 20.7. The average Bonchev–Trinajstić information content (AvgIpc) is 2.25. The maximum atomic E-state index is 6.01. The first-order chi connectivity index (χ1) is 7.31. The van der Waals surface area contributed by atoms with Crippen LogP contribution in [-0.2, 0) is 6.42 Å². The summed E-state index contributed by atoms with van der Waals surface area (Å²) in [5.41, 5.74) is 10.2. The van der Waals surface area contributed by atoms with Gasteiger partial charge in [-0.05, 0) is 18.1 Å². The number of fused-ring (bicyclic) bond motifs is 1. The first-order valence-electron chi connectivity index (χ1n) is 5.15. The highest BCUT2D eigenvalue weighted by Gasteiger charge is 2.20. The Balaban J connectivity index is 2.25. The average molecular weight is 223 g/mol. The third-order valence-corrected chi connectivity index (χ3v) is 2.86. The van der Waals surface area contributed by atoms with Crippen LogP contribution >= 0.6 is 11.6 Å². The number of hydrogen-bond donors (Lipinski definition) is 1. The second-order valence-electron chi connectivity index (χ2n) is 3.86. The molecule has 2 nitrogen and oxygen atoms in total. The molecule has 0 spiro atoms. The Morgan fingerprint density at radius 2 is 2.27 bits per heavy atom. The Morgan fingerprint density at radius 1 is 1.47 bits per heavy atom. The van der Waals surface area contributed by atoms with Gasteiger partial charge in [0.05, 0.1) is 0 Å². The summed E-state index contributed by atoms with van der Waals surface area (Å²) < 4.78 is 0. The molecule has 0 saturated heterocycles. The number of benzene rings is 1. The summed E-state index contributed by atoms with van der Waals surface area (Å²) in [5, 5.41) is 0. The van der Waals surface area contributed by atoms with E-state index in [2.05, 4.69) is 29.2 Å². The molecule has 0 bridgehead atoms. The number of halogens is 1. The van der Waals surface area contributed by atoms with E-state index in [1.807, 2.05) is 6.08 Å². The van der Waals surface area contributed by atoms with Gasteiger partial charge < -0.3 is 10.6 Å². The van der Waals surface area contributed by atoms with Gasteiger partial charge in [-0.2, -0.15) is 0 Å². The predicted octanol–water partition coefficient (Wildman–Crippen LogP) is 2.13. The Morgan fingerprint density at radius 3 is 3.07 bits per heavy atom. The molecule has 0 saturated carbocycles. The fourth-order valence-corrected chi connectivity index (χ4v) is 2.14. The van der Waals surface area contributed by atoms with Crippen LogP contribution < -0.4 is 10.6 Å². The number of nitrogens with zero attached hydrogens (tertiary/aromatic N) is 1. The van der Waals surface area contributed by atoms with Crippen molar-refractivity contribution < 1.29 is 0 Å². The molecule has 1 atom stereocenters. The monoisotopic (exact) mass is 222 g/mol. The number of rotatable bonds is 2. The van der Waals surface area contributed by atoms with Gasteiger partial charge in [-0.15, -0.1) is 0 Å². The quantitative estimate of drug-likeness (QED) is 0.831. The van der Waals surface area contributed by atoms with Crippen molar-refractivity contribution in [2.24, 2.45) is 5.73 Å². The van der Waals surface area contributed by atoms with E-state index in [1.165, 1.54) is 11.3 Å². The molecular weight excluding hydrogens is 208 g/mol. The molecule has 1 aliphatic rings. The molecule has 0 amide bonds.